The molecular weight excluding hydrogens is 1440 g/mol. The summed E-state index contributed by atoms with van der Waals surface area (Å²) in [7, 11) is -5.68. The average molecular weight is 1610 g/mol. The zero-order valence-corrected chi connectivity index (χ0v) is 75.6. The molecule has 0 amide bonds. The van der Waals surface area contributed by atoms with E-state index in [1.54, 1.807) is 20.8 Å². The van der Waals surface area contributed by atoms with Gasteiger partial charge in [0.1, 0.15) is 43.7 Å². The normalized spacial score (nSPS) is 20.9. The number of unbranched alkanes of at least 4 members (excludes halogenated alkanes) is 57. The maximum absolute atomic E-state index is 14.4. The summed E-state index contributed by atoms with van der Waals surface area (Å²) >= 11 is 0. The van der Waals surface area contributed by atoms with Crippen LogP contribution in [0.1, 0.15) is 466 Å². The van der Waals surface area contributed by atoms with Crippen LogP contribution in [-0.2, 0) is 66.9 Å². The van der Waals surface area contributed by atoms with E-state index >= 15 is 0 Å². The van der Waals surface area contributed by atoms with E-state index in [0.717, 1.165) is 116 Å². The molecule has 20 heteroatoms. The third kappa shape index (κ3) is 57.3. The number of aliphatic hydroxyl groups is 3. The van der Waals surface area contributed by atoms with Gasteiger partial charge in [-0.25, -0.2) is 8.42 Å². The Labute approximate surface area is 702 Å². The van der Waals surface area contributed by atoms with Crippen LogP contribution in [0, 0.1) is 17.8 Å². The van der Waals surface area contributed by atoms with Gasteiger partial charge >= 0.3 is 53.4 Å². The Morgan fingerprint density at radius 1 is 0.324 bits per heavy atom. The van der Waals surface area contributed by atoms with Crippen LogP contribution in [0.25, 0.3) is 0 Å². The van der Waals surface area contributed by atoms with Crippen LogP contribution in [0.3, 0.4) is 0 Å². The van der Waals surface area contributed by atoms with E-state index in [9.17, 15) is 47.5 Å². The smallest absolute Gasteiger partial charge is 0.726 e. The molecule has 2 saturated heterocycles. The van der Waals surface area contributed by atoms with Crippen LogP contribution in [0.2, 0.25) is 0 Å². The summed E-state index contributed by atoms with van der Waals surface area (Å²) in [6.07, 6.45) is 54.8. The number of carbonyl (C=O) groups excluding carboxylic acids is 4. The molecule has 0 aliphatic carbocycles. The summed E-state index contributed by atoms with van der Waals surface area (Å²) < 4.78 is 85.1. The number of hydrogen-bond acceptors (Lipinski definition) is 18. The molecule has 2 aliphatic heterocycles. The number of rotatable bonds is 78. The van der Waals surface area contributed by atoms with Gasteiger partial charge in [0, 0.05) is 6.42 Å². The fraction of sp³-hybridized carbons (Fsp3) is 0.956. The van der Waals surface area contributed by atoms with Crippen molar-refractivity contribution < 1.29 is 114 Å². The zero-order valence-electron chi connectivity index (χ0n) is 72.8. The quantitative estimate of drug-likeness (QED) is 0.0128. The second-order valence-corrected chi connectivity index (χ2v) is 34.8. The van der Waals surface area contributed by atoms with Gasteiger partial charge in [-0.15, -0.1) is 0 Å². The molecule has 2 heterocycles. The minimum Gasteiger partial charge on any atom is -0.726 e. The number of ether oxygens (including phenoxy) is 7. The second kappa shape index (κ2) is 73.6. The molecule has 0 aromatic rings. The van der Waals surface area contributed by atoms with Gasteiger partial charge in [-0.1, -0.05) is 434 Å². The first-order valence-electron chi connectivity index (χ1n) is 46.8. The van der Waals surface area contributed by atoms with Crippen molar-refractivity contribution in [2.24, 2.45) is 17.8 Å². The van der Waals surface area contributed by atoms with Crippen LogP contribution in [0.15, 0.2) is 0 Å². The predicted molar refractivity (Wildman–Crippen MR) is 443 cm³/mol. The van der Waals surface area contributed by atoms with E-state index in [0.29, 0.717) is 25.7 Å². The van der Waals surface area contributed by atoms with Crippen LogP contribution >= 0.6 is 0 Å². The van der Waals surface area contributed by atoms with Gasteiger partial charge in [-0.3, -0.25) is 23.4 Å². The summed E-state index contributed by atoms with van der Waals surface area (Å²) in [6, 6.07) is 0. The first kappa shape index (κ1) is 108. The van der Waals surface area contributed by atoms with Crippen molar-refractivity contribution in [3.05, 3.63) is 0 Å². The van der Waals surface area contributed by atoms with Gasteiger partial charge in [0.15, 0.2) is 24.6 Å². The monoisotopic (exact) mass is 1610 g/mol. The van der Waals surface area contributed by atoms with Crippen molar-refractivity contribution in [1.82, 2.24) is 0 Å². The third-order valence-corrected chi connectivity index (χ3v) is 23.7. The number of esters is 4. The van der Waals surface area contributed by atoms with E-state index in [2.05, 4.69) is 27.7 Å². The molecule has 2 rings (SSSR count). The van der Waals surface area contributed by atoms with Crippen molar-refractivity contribution in [3.8, 4) is 0 Å². The molecular formula is C91H171NaO18S. The van der Waals surface area contributed by atoms with Crippen LogP contribution in [0.5, 0.6) is 0 Å². The van der Waals surface area contributed by atoms with Crippen LogP contribution < -0.4 is 29.6 Å². The molecule has 0 saturated carbocycles. The summed E-state index contributed by atoms with van der Waals surface area (Å²) in [5.41, 5.74) is 0. The summed E-state index contributed by atoms with van der Waals surface area (Å²) in [4.78, 5) is 56.0. The Bertz CT molecular complexity index is 2270. The number of hydrogen-bond donors (Lipinski definition) is 3. The van der Waals surface area contributed by atoms with Gasteiger partial charge in [0.25, 0.3) is 0 Å². The number of carbonyl (C=O) groups is 4. The van der Waals surface area contributed by atoms with E-state index in [-0.39, 0.29) is 36.0 Å². The molecule has 2 fully saturated rings. The van der Waals surface area contributed by atoms with Crippen molar-refractivity contribution in [2.45, 2.75) is 527 Å². The molecule has 18 nitrogen and oxygen atoms in total. The molecule has 2 aliphatic rings. The largest absolute Gasteiger partial charge is 1.00 e. The van der Waals surface area contributed by atoms with Gasteiger partial charge in [0.05, 0.1) is 17.8 Å². The van der Waals surface area contributed by atoms with Crippen LogP contribution in [-0.4, -0.2) is 127 Å². The molecule has 0 spiro atoms. The molecule has 111 heavy (non-hydrogen) atoms. The fourth-order valence-electron chi connectivity index (χ4n) is 15.6. The van der Waals surface area contributed by atoms with Gasteiger partial charge in [-0.2, -0.15) is 0 Å². The van der Waals surface area contributed by atoms with Crippen LogP contribution in [0.4, 0.5) is 0 Å². The van der Waals surface area contributed by atoms with Crippen molar-refractivity contribution in [1.29, 1.82) is 0 Å². The second-order valence-electron chi connectivity index (χ2n) is 33.8. The molecule has 0 unspecified atom stereocenters. The number of aliphatic hydroxyl groups excluding tert-OH is 3. The molecule has 0 radical (unpaired) electrons. The maximum Gasteiger partial charge on any atom is 1.00 e. The minimum absolute atomic E-state index is 0. The average Bonchev–Trinajstić information content (AvgIpc) is 0.775. The maximum atomic E-state index is 14.4. The van der Waals surface area contributed by atoms with E-state index < -0.39 is 127 Å². The Morgan fingerprint density at radius 3 is 0.847 bits per heavy atom. The van der Waals surface area contributed by atoms with E-state index in [1.807, 2.05) is 0 Å². The SMILES string of the molecule is CCCCCCCCCCCCCCCCCC[C@H](C)C(=O)OC[C@H]1O[C@H](O[C@H]2O[C@H](COC(=O)[C@@H](C)CCCCCCCCCCCCCCCCCC)[C@@H](O)[C@H](OC(=O)[C@@H](C)CCCCCCCCCCCCCCCCCC)[C@H]2OC(=O)CCCCCCCCCCCCCCC)[C@H](OS(=O)(=O)[O-])[C@@H](O)[C@@H]1O.[Na+]. The van der Waals surface area contributed by atoms with Gasteiger partial charge in [0.2, 0.25) is 16.7 Å². The standard InChI is InChI=1S/C91H172O18S.Na/c1-8-12-16-20-24-28-32-36-39-42-46-49-53-57-61-65-69-75(5)87(96)102-73-78-81(93)83(95)85(109-110(99,100)101)90(104-78)108-91-86(106-80(92)72-68-64-60-56-52-45-35-31-27-23-19-15-11-4)84(107-89(98)77(7)71-67-63-59-55-51-48-44-41-38-34-30-26-22-18-14-10-3)82(94)79(105-91)74-103-88(97)76(6)70-66-62-58-54-50-47-43-40-37-33-29-25-21-17-13-9-2;/h75-79,81-86,90-91,93-95H,8-74H2,1-7H3,(H,99,100,101);/q;+1/p-1/t75-,76-,77-,78+,79+,81+,82+,83-,84-,85+,86+,90+,91+;/m0./s1. The van der Waals surface area contributed by atoms with Crippen molar-refractivity contribution in [2.75, 3.05) is 13.2 Å². The summed E-state index contributed by atoms with van der Waals surface area (Å²) in [5, 5.41) is 35.6. The summed E-state index contributed by atoms with van der Waals surface area (Å²) in [6.45, 7) is 13.0. The van der Waals surface area contributed by atoms with Gasteiger partial charge in [-0.05, 0) is 25.7 Å². The topological polar surface area (TPSA) is 260 Å². The van der Waals surface area contributed by atoms with E-state index in [1.165, 1.54) is 270 Å². The van der Waals surface area contributed by atoms with Gasteiger partial charge < -0.3 is 53.0 Å². The Balaban J connectivity index is 0.0000616. The van der Waals surface area contributed by atoms with E-state index in [4.69, 9.17) is 37.3 Å². The first-order valence-corrected chi connectivity index (χ1v) is 48.1. The molecule has 0 aromatic heterocycles. The Morgan fingerprint density at radius 2 is 0.568 bits per heavy atom. The molecule has 13 atom stereocenters. The molecule has 0 bridgehead atoms. The molecule has 3 N–H and O–H groups in total. The zero-order chi connectivity index (χ0) is 80.3. The van der Waals surface area contributed by atoms with Crippen molar-refractivity contribution >= 4 is 34.3 Å². The molecule has 650 valence electrons. The fourth-order valence-corrected chi connectivity index (χ4v) is 16.1. The minimum atomic E-state index is -5.68. The molecule has 0 aromatic carbocycles. The predicted octanol–water partition coefficient (Wildman–Crippen LogP) is 20.6. The van der Waals surface area contributed by atoms with Crippen molar-refractivity contribution in [3.63, 3.8) is 0 Å². The summed E-state index contributed by atoms with van der Waals surface area (Å²) in [5.74, 6) is -4.39. The first-order chi connectivity index (χ1) is 53.4. The Hall–Kier alpha value is -1.49. The third-order valence-electron chi connectivity index (χ3n) is 23.2. The Kier molecular flexibility index (Phi) is 71.3.